The topological polar surface area (TPSA) is 78.4 Å². The van der Waals surface area contributed by atoms with E-state index in [0.717, 1.165) is 0 Å². The van der Waals surface area contributed by atoms with Crippen molar-refractivity contribution in [2.75, 3.05) is 30.3 Å². The first-order chi connectivity index (χ1) is 16.8. The molecule has 1 aromatic carbocycles. The number of carbonyl (C=O) groups is 2. The molecular weight excluding hydrogens is 494 g/mol. The van der Waals surface area contributed by atoms with Gasteiger partial charge in [-0.2, -0.15) is 0 Å². The van der Waals surface area contributed by atoms with E-state index in [2.05, 4.69) is 54.8 Å². The number of thioether (sulfide) groups is 1. The van der Waals surface area contributed by atoms with Crippen LogP contribution in [0.5, 0.6) is 0 Å². The highest BCUT2D eigenvalue weighted by molar-refractivity contribution is 7.99. The minimum atomic E-state index is -0.0531. The summed E-state index contributed by atoms with van der Waals surface area (Å²) in [4.78, 5) is 38.4. The highest BCUT2D eigenvalue weighted by Gasteiger charge is 2.29. The maximum absolute atomic E-state index is 13.2. The lowest BCUT2D eigenvalue weighted by atomic mass is 9.86. The molecule has 1 aliphatic rings. The Balaban J connectivity index is 1.63. The van der Waals surface area contributed by atoms with Crippen molar-refractivity contribution in [1.29, 1.82) is 0 Å². The Bertz CT molecular complexity index is 1070. The average Bonchev–Trinajstić information content (AvgIpc) is 2.81. The number of benzene rings is 1. The molecule has 9 heteroatoms. The second kappa shape index (κ2) is 11.8. The van der Waals surface area contributed by atoms with Gasteiger partial charge >= 0.3 is 0 Å². The van der Waals surface area contributed by atoms with E-state index in [0.29, 0.717) is 47.2 Å². The first kappa shape index (κ1) is 28.3. The molecule has 196 valence electrons. The lowest BCUT2D eigenvalue weighted by Gasteiger charge is -2.40. The van der Waals surface area contributed by atoms with Crippen LogP contribution in [0.2, 0.25) is 5.15 Å². The first-order valence-corrected chi connectivity index (χ1v) is 13.8. The largest absolute Gasteiger partial charge is 0.353 e. The molecule has 2 heterocycles. The molecule has 1 saturated heterocycles. The molecule has 0 radical (unpaired) electrons. The third-order valence-electron chi connectivity index (χ3n) is 6.59. The van der Waals surface area contributed by atoms with Gasteiger partial charge in [0.15, 0.2) is 5.16 Å². The Morgan fingerprint density at radius 1 is 1.14 bits per heavy atom. The molecule has 1 N–H and O–H groups in total. The highest BCUT2D eigenvalue weighted by Crippen LogP contribution is 2.26. The number of hydrogen-bond donors (Lipinski definition) is 1. The molecule has 0 aliphatic carbocycles. The molecule has 2 aromatic rings. The molecule has 0 bridgehead atoms. The van der Waals surface area contributed by atoms with Crippen LogP contribution >= 0.6 is 23.4 Å². The Labute approximate surface area is 224 Å². The van der Waals surface area contributed by atoms with Gasteiger partial charge in [-0.15, -0.1) is 0 Å². The van der Waals surface area contributed by atoms with Gasteiger partial charge in [0, 0.05) is 43.3 Å². The predicted molar refractivity (Wildman–Crippen MR) is 148 cm³/mol. The Hall–Kier alpha value is -2.32. The zero-order valence-corrected chi connectivity index (χ0v) is 23.9. The van der Waals surface area contributed by atoms with E-state index in [9.17, 15) is 9.59 Å². The zero-order valence-electron chi connectivity index (χ0n) is 22.3. The van der Waals surface area contributed by atoms with Crippen LogP contribution in [0.4, 0.5) is 5.82 Å². The van der Waals surface area contributed by atoms with Crippen LogP contribution < -0.4 is 10.2 Å². The third-order valence-corrected chi connectivity index (χ3v) is 7.63. The quantitative estimate of drug-likeness (QED) is 0.306. The number of halogens is 1. The summed E-state index contributed by atoms with van der Waals surface area (Å²) >= 11 is 7.57. The van der Waals surface area contributed by atoms with Gasteiger partial charge in [-0.1, -0.05) is 70.1 Å². The fraction of sp³-hybridized carbons (Fsp3) is 0.556. The number of nitrogens with one attached hydrogen (secondary N) is 1. The minimum absolute atomic E-state index is 0.00156. The fourth-order valence-electron chi connectivity index (χ4n) is 3.95. The highest BCUT2D eigenvalue weighted by atomic mass is 35.5. The molecular formula is C27H38ClN5O2S. The van der Waals surface area contributed by atoms with Gasteiger partial charge in [0.1, 0.15) is 11.0 Å². The van der Waals surface area contributed by atoms with Gasteiger partial charge in [-0.25, -0.2) is 9.97 Å². The van der Waals surface area contributed by atoms with Crippen LogP contribution in [0.15, 0.2) is 35.5 Å². The Morgan fingerprint density at radius 2 is 1.81 bits per heavy atom. The molecule has 1 fully saturated rings. The summed E-state index contributed by atoms with van der Waals surface area (Å²) in [5.41, 5.74) is 1.96. The normalized spacial score (nSPS) is 17.3. The number of hydrogen-bond acceptors (Lipinski definition) is 6. The van der Waals surface area contributed by atoms with E-state index in [4.69, 9.17) is 11.6 Å². The smallest absolute Gasteiger partial charge is 0.254 e. The van der Waals surface area contributed by atoms with Crippen molar-refractivity contribution in [2.24, 2.45) is 5.92 Å². The van der Waals surface area contributed by atoms with E-state index >= 15 is 0 Å². The van der Waals surface area contributed by atoms with Gasteiger partial charge in [0.25, 0.3) is 5.91 Å². The number of piperazine rings is 1. The number of rotatable bonds is 7. The Morgan fingerprint density at radius 3 is 2.39 bits per heavy atom. The molecule has 1 aliphatic heterocycles. The van der Waals surface area contributed by atoms with Crippen molar-refractivity contribution >= 4 is 41.0 Å². The van der Waals surface area contributed by atoms with Crippen molar-refractivity contribution in [3.63, 3.8) is 0 Å². The molecule has 2 amide bonds. The minimum Gasteiger partial charge on any atom is -0.353 e. The number of nitrogens with zero attached hydrogens (tertiary/aromatic N) is 4. The molecule has 0 spiro atoms. The summed E-state index contributed by atoms with van der Waals surface area (Å²) in [7, 11) is 0. The number of carbonyl (C=O) groups excluding carboxylic acids is 2. The molecule has 36 heavy (non-hydrogen) atoms. The molecule has 2 atom stereocenters. The van der Waals surface area contributed by atoms with Crippen molar-refractivity contribution in [3.8, 4) is 0 Å². The van der Waals surface area contributed by atoms with E-state index in [1.165, 1.54) is 17.3 Å². The van der Waals surface area contributed by atoms with E-state index in [1.54, 1.807) is 6.07 Å². The van der Waals surface area contributed by atoms with Crippen LogP contribution in [-0.2, 0) is 10.2 Å². The summed E-state index contributed by atoms with van der Waals surface area (Å²) in [6.07, 6.45) is 0. The molecule has 0 saturated carbocycles. The van der Waals surface area contributed by atoms with Crippen LogP contribution in [0, 0.1) is 5.92 Å². The summed E-state index contributed by atoms with van der Waals surface area (Å²) in [6.45, 7) is 16.5. The van der Waals surface area contributed by atoms with Crippen LogP contribution in [0.25, 0.3) is 0 Å². The second-order valence-electron chi connectivity index (χ2n) is 10.8. The van der Waals surface area contributed by atoms with Crippen LogP contribution in [0.1, 0.15) is 64.4 Å². The van der Waals surface area contributed by atoms with Gasteiger partial charge in [0.2, 0.25) is 5.91 Å². The van der Waals surface area contributed by atoms with E-state index < -0.39 is 0 Å². The van der Waals surface area contributed by atoms with Gasteiger partial charge in [-0.05, 0) is 42.9 Å². The van der Waals surface area contributed by atoms with Crippen molar-refractivity contribution in [3.05, 3.63) is 46.6 Å². The predicted octanol–water partition coefficient (Wildman–Crippen LogP) is 5.03. The van der Waals surface area contributed by atoms with Crippen molar-refractivity contribution < 1.29 is 9.59 Å². The lowest BCUT2D eigenvalue weighted by Crippen LogP contribution is -2.54. The van der Waals surface area contributed by atoms with Gasteiger partial charge in [0.05, 0.1) is 5.75 Å². The average molecular weight is 532 g/mol. The Kier molecular flexibility index (Phi) is 9.28. The van der Waals surface area contributed by atoms with Crippen LogP contribution in [0.3, 0.4) is 0 Å². The summed E-state index contributed by atoms with van der Waals surface area (Å²) < 4.78 is 0. The standard InChI is InChI=1S/C27H38ClN5O2S/c1-17(2)19(4)29-24(34)16-36-26-30-22(28)14-23(31-26)32-12-13-33(18(3)15-32)25(35)20-8-10-21(11-9-20)27(5,6)7/h8-11,14,17-19H,12-13,15-16H2,1-7H3,(H,29,34). The first-order valence-electron chi connectivity index (χ1n) is 12.5. The van der Waals surface area contributed by atoms with Gasteiger partial charge < -0.3 is 15.1 Å². The van der Waals surface area contributed by atoms with E-state index in [1.807, 2.05) is 43.0 Å². The molecule has 7 nitrogen and oxygen atoms in total. The van der Waals surface area contributed by atoms with Gasteiger partial charge in [-0.3, -0.25) is 9.59 Å². The molecule has 1 aromatic heterocycles. The summed E-state index contributed by atoms with van der Waals surface area (Å²) in [5, 5.41) is 3.80. The summed E-state index contributed by atoms with van der Waals surface area (Å²) in [6, 6.07) is 9.77. The second-order valence-corrected chi connectivity index (χ2v) is 12.2. The lowest BCUT2D eigenvalue weighted by molar-refractivity contribution is -0.119. The van der Waals surface area contributed by atoms with Crippen LogP contribution in [-0.4, -0.2) is 64.2 Å². The monoisotopic (exact) mass is 531 g/mol. The third kappa shape index (κ3) is 7.35. The number of aromatic nitrogens is 2. The number of anilines is 1. The SMILES string of the molecule is CC(C)C(C)NC(=O)CSc1nc(Cl)cc(N2CCN(C(=O)c3ccc(C(C)(C)C)cc3)C(C)C2)n1. The van der Waals surface area contributed by atoms with Crippen molar-refractivity contribution in [2.45, 2.75) is 71.1 Å². The molecule has 3 rings (SSSR count). The zero-order chi connectivity index (χ0) is 26.6. The maximum Gasteiger partial charge on any atom is 0.254 e. The number of amides is 2. The molecule has 2 unspecified atom stereocenters. The van der Waals surface area contributed by atoms with E-state index in [-0.39, 0.29) is 35.1 Å². The maximum atomic E-state index is 13.2. The fourth-order valence-corrected chi connectivity index (χ4v) is 4.84. The summed E-state index contributed by atoms with van der Waals surface area (Å²) in [5.74, 6) is 1.29. The van der Waals surface area contributed by atoms with Crippen molar-refractivity contribution in [1.82, 2.24) is 20.2 Å².